The second-order valence-corrected chi connectivity index (χ2v) is 3.00. The first-order valence-corrected chi connectivity index (χ1v) is 4.04. The zero-order valence-corrected chi connectivity index (χ0v) is 7.65. The van der Waals surface area contributed by atoms with Gasteiger partial charge in [-0.15, -0.1) is 0 Å². The van der Waals surface area contributed by atoms with Crippen molar-refractivity contribution in [2.24, 2.45) is 5.92 Å². The molecule has 0 saturated heterocycles. The van der Waals surface area contributed by atoms with Gasteiger partial charge < -0.3 is 10.7 Å². The summed E-state index contributed by atoms with van der Waals surface area (Å²) in [4.78, 5) is 0. The van der Waals surface area contributed by atoms with Gasteiger partial charge >= 0.3 is 0 Å². The van der Waals surface area contributed by atoms with Crippen LogP contribution in [0.2, 0.25) is 0 Å². The molecule has 2 heteroatoms. The highest BCUT2D eigenvalue weighted by Crippen LogP contribution is 2.06. The average molecular weight is 154 g/mol. The first kappa shape index (κ1) is 10.2. The van der Waals surface area contributed by atoms with Crippen LogP contribution in [0.3, 0.4) is 0 Å². The van der Waals surface area contributed by atoms with Crippen molar-refractivity contribution in [2.75, 3.05) is 0 Å². The monoisotopic (exact) mass is 154 g/mol. The van der Waals surface area contributed by atoms with E-state index < -0.39 is 0 Å². The van der Waals surface area contributed by atoms with E-state index in [-0.39, 0.29) is 6.04 Å². The molecule has 2 nitrogen and oxygen atoms in total. The van der Waals surface area contributed by atoms with Crippen molar-refractivity contribution in [1.82, 2.24) is 5.32 Å². The van der Waals surface area contributed by atoms with Gasteiger partial charge in [0.15, 0.2) is 0 Å². The first-order valence-electron chi connectivity index (χ1n) is 4.04. The largest absolute Gasteiger partial charge is 0.381 e. The second kappa shape index (κ2) is 4.94. The van der Waals surface area contributed by atoms with Crippen molar-refractivity contribution < 1.29 is 0 Å². The van der Waals surface area contributed by atoms with E-state index in [0.29, 0.717) is 5.92 Å². The summed E-state index contributed by atoms with van der Waals surface area (Å²) in [5.74, 6) is 0.504. The summed E-state index contributed by atoms with van der Waals surface area (Å²) in [6, 6.07) is 0.150. The lowest BCUT2D eigenvalue weighted by Crippen LogP contribution is -2.34. The highest BCUT2D eigenvalue weighted by atomic mass is 14.9. The van der Waals surface area contributed by atoms with E-state index in [0.717, 1.165) is 12.1 Å². The summed E-state index contributed by atoms with van der Waals surface area (Å²) in [7, 11) is 0. The number of rotatable bonds is 5. The molecule has 0 aliphatic rings. The van der Waals surface area contributed by atoms with E-state index >= 15 is 0 Å². The van der Waals surface area contributed by atoms with Crippen molar-refractivity contribution in [3.63, 3.8) is 0 Å². The van der Waals surface area contributed by atoms with Gasteiger partial charge in [0.25, 0.3) is 0 Å². The van der Waals surface area contributed by atoms with Crippen LogP contribution >= 0.6 is 0 Å². The molecule has 2 N–H and O–H groups in total. The molecular formula is C9H18N2. The Bertz CT molecular complexity index is 140. The summed E-state index contributed by atoms with van der Waals surface area (Å²) in [5.41, 5.74) is 0.929. The summed E-state index contributed by atoms with van der Waals surface area (Å²) >= 11 is 0. The van der Waals surface area contributed by atoms with E-state index in [1.807, 2.05) is 6.92 Å². The van der Waals surface area contributed by atoms with E-state index in [1.54, 1.807) is 0 Å². The Hall–Kier alpha value is -0.790. The zero-order valence-electron chi connectivity index (χ0n) is 7.65. The van der Waals surface area contributed by atoms with Gasteiger partial charge in [0, 0.05) is 11.9 Å². The molecule has 0 saturated carbocycles. The molecule has 0 amide bonds. The minimum atomic E-state index is 0.150. The Morgan fingerprint density at radius 3 is 2.55 bits per heavy atom. The van der Waals surface area contributed by atoms with Crippen LogP contribution in [0.5, 0.6) is 0 Å². The van der Waals surface area contributed by atoms with Crippen molar-refractivity contribution in [3.05, 3.63) is 12.3 Å². The van der Waals surface area contributed by atoms with Crippen LogP contribution in [-0.2, 0) is 0 Å². The maximum atomic E-state index is 7.16. The van der Waals surface area contributed by atoms with Gasteiger partial charge in [-0.05, 0) is 12.8 Å². The summed E-state index contributed by atoms with van der Waals surface area (Å²) < 4.78 is 0. The molecule has 0 aliphatic carbocycles. The minimum Gasteiger partial charge on any atom is -0.381 e. The van der Waals surface area contributed by atoms with Crippen LogP contribution in [0.25, 0.3) is 0 Å². The van der Waals surface area contributed by atoms with Crippen molar-refractivity contribution in [1.29, 1.82) is 5.41 Å². The standard InChI is InChI=1S/C9H18N2/c1-5-8(4)9(6-10)11-7(2)3/h6,8-11H,2,5H2,1,3-4H3/t8-,9?/m1/s1. The molecule has 0 aromatic rings. The molecule has 0 bridgehead atoms. The third-order valence-corrected chi connectivity index (χ3v) is 1.85. The molecule has 64 valence electrons. The SMILES string of the molecule is C=C(C)NC(C=N)[C@H](C)CC. The summed E-state index contributed by atoms with van der Waals surface area (Å²) in [6.07, 6.45) is 2.53. The van der Waals surface area contributed by atoms with Gasteiger partial charge in [-0.3, -0.25) is 0 Å². The lowest BCUT2D eigenvalue weighted by atomic mass is 10.0. The lowest BCUT2D eigenvalue weighted by Gasteiger charge is -2.20. The van der Waals surface area contributed by atoms with Crippen LogP contribution < -0.4 is 5.32 Å². The van der Waals surface area contributed by atoms with Gasteiger partial charge in [0.05, 0.1) is 6.04 Å². The van der Waals surface area contributed by atoms with E-state index in [9.17, 15) is 0 Å². The third kappa shape index (κ3) is 3.81. The smallest absolute Gasteiger partial charge is 0.0631 e. The van der Waals surface area contributed by atoms with Gasteiger partial charge in [0.1, 0.15) is 0 Å². The van der Waals surface area contributed by atoms with Gasteiger partial charge in [-0.2, -0.15) is 0 Å². The molecule has 0 spiro atoms. The molecule has 0 aromatic carbocycles. The fourth-order valence-corrected chi connectivity index (χ4v) is 0.887. The molecule has 1 unspecified atom stereocenters. The fourth-order valence-electron chi connectivity index (χ4n) is 0.887. The average Bonchev–Trinajstić information content (AvgIpc) is 1.98. The number of hydrogen-bond acceptors (Lipinski definition) is 2. The molecule has 0 aromatic heterocycles. The molecule has 11 heavy (non-hydrogen) atoms. The second-order valence-electron chi connectivity index (χ2n) is 3.00. The van der Waals surface area contributed by atoms with Crippen LogP contribution in [0.4, 0.5) is 0 Å². The first-order chi connectivity index (χ1) is 5.11. The van der Waals surface area contributed by atoms with E-state index in [1.165, 1.54) is 6.21 Å². The normalized spacial score (nSPS) is 15.2. The number of nitrogens with one attached hydrogen (secondary N) is 2. The van der Waals surface area contributed by atoms with Crippen LogP contribution in [0.15, 0.2) is 12.3 Å². The molecule has 0 aliphatic heterocycles. The molecular weight excluding hydrogens is 136 g/mol. The molecule has 2 atom stereocenters. The Labute approximate surface area is 69.2 Å². The number of hydrogen-bond donors (Lipinski definition) is 2. The lowest BCUT2D eigenvalue weighted by molar-refractivity contribution is 0.477. The maximum absolute atomic E-state index is 7.16. The topological polar surface area (TPSA) is 35.9 Å². The highest BCUT2D eigenvalue weighted by molar-refractivity contribution is 5.61. The van der Waals surface area contributed by atoms with E-state index in [2.05, 4.69) is 25.7 Å². The Balaban J connectivity index is 3.94. The summed E-state index contributed by atoms with van der Waals surface area (Å²) in [5, 5.41) is 10.3. The van der Waals surface area contributed by atoms with Crippen LogP contribution in [0.1, 0.15) is 27.2 Å². The molecule has 0 heterocycles. The van der Waals surface area contributed by atoms with E-state index in [4.69, 9.17) is 5.41 Å². The van der Waals surface area contributed by atoms with Crippen molar-refractivity contribution in [2.45, 2.75) is 33.2 Å². The fraction of sp³-hybridized carbons (Fsp3) is 0.667. The Morgan fingerprint density at radius 1 is 1.73 bits per heavy atom. The van der Waals surface area contributed by atoms with Gasteiger partial charge in [0.2, 0.25) is 0 Å². The number of allylic oxidation sites excluding steroid dienone is 1. The van der Waals surface area contributed by atoms with Crippen molar-refractivity contribution >= 4 is 6.21 Å². The predicted molar refractivity (Wildman–Crippen MR) is 50.0 cm³/mol. The van der Waals surface area contributed by atoms with Crippen molar-refractivity contribution in [3.8, 4) is 0 Å². The highest BCUT2D eigenvalue weighted by Gasteiger charge is 2.11. The molecule has 0 rings (SSSR count). The third-order valence-electron chi connectivity index (χ3n) is 1.85. The predicted octanol–water partition coefficient (Wildman–Crippen LogP) is 2.17. The Kier molecular flexibility index (Phi) is 4.59. The Morgan fingerprint density at radius 2 is 2.27 bits per heavy atom. The van der Waals surface area contributed by atoms with Gasteiger partial charge in [-0.1, -0.05) is 26.8 Å². The summed E-state index contributed by atoms with van der Waals surface area (Å²) in [6.45, 7) is 9.92. The molecule has 0 radical (unpaired) electrons. The van der Waals surface area contributed by atoms with Gasteiger partial charge in [-0.25, -0.2) is 0 Å². The minimum absolute atomic E-state index is 0.150. The zero-order chi connectivity index (χ0) is 8.85. The molecule has 0 fully saturated rings. The van der Waals surface area contributed by atoms with Crippen LogP contribution in [0, 0.1) is 11.3 Å². The van der Waals surface area contributed by atoms with Crippen LogP contribution in [-0.4, -0.2) is 12.3 Å². The quantitative estimate of drug-likeness (QED) is 0.585. The maximum Gasteiger partial charge on any atom is 0.0631 e.